The summed E-state index contributed by atoms with van der Waals surface area (Å²) in [7, 11) is 2.15. The molecule has 1 aliphatic carbocycles. The van der Waals surface area contributed by atoms with Crippen LogP contribution in [0.3, 0.4) is 0 Å². The molecule has 14 heavy (non-hydrogen) atoms. The lowest BCUT2D eigenvalue weighted by Crippen LogP contribution is -2.41. The number of hydrogen-bond donors (Lipinski definition) is 1. The van der Waals surface area contributed by atoms with Crippen molar-refractivity contribution in [3.05, 3.63) is 0 Å². The highest BCUT2D eigenvalue weighted by Crippen LogP contribution is 2.34. The minimum Gasteiger partial charge on any atom is -0.377 e. The van der Waals surface area contributed by atoms with Crippen LogP contribution in [0, 0.1) is 5.92 Å². The zero-order chi connectivity index (χ0) is 10.6. The Morgan fingerprint density at radius 2 is 2.07 bits per heavy atom. The second-order valence-corrected chi connectivity index (χ2v) is 4.54. The molecule has 0 saturated heterocycles. The number of hydrogen-bond acceptors (Lipinski definition) is 3. The monoisotopic (exact) mass is 200 g/mol. The smallest absolute Gasteiger partial charge is 0.0596 e. The molecule has 0 aromatic rings. The van der Waals surface area contributed by atoms with Crippen molar-refractivity contribution in [2.45, 2.75) is 38.8 Å². The molecule has 3 nitrogen and oxygen atoms in total. The van der Waals surface area contributed by atoms with Crippen LogP contribution in [0.15, 0.2) is 0 Å². The van der Waals surface area contributed by atoms with E-state index in [1.807, 2.05) is 0 Å². The van der Waals surface area contributed by atoms with Gasteiger partial charge in [-0.05, 0) is 39.7 Å². The molecule has 84 valence electrons. The highest BCUT2D eigenvalue weighted by Gasteiger charge is 2.32. The summed E-state index contributed by atoms with van der Waals surface area (Å²) in [6.45, 7) is 6.74. The van der Waals surface area contributed by atoms with E-state index in [1.165, 1.54) is 12.8 Å². The van der Waals surface area contributed by atoms with E-state index in [0.29, 0.717) is 12.1 Å². The fourth-order valence-electron chi connectivity index (χ4n) is 1.81. The van der Waals surface area contributed by atoms with Crippen LogP contribution in [-0.4, -0.2) is 43.8 Å². The molecule has 1 fully saturated rings. The normalized spacial score (nSPS) is 19.3. The first-order valence-corrected chi connectivity index (χ1v) is 5.67. The first-order chi connectivity index (χ1) is 6.65. The fourth-order valence-corrected chi connectivity index (χ4v) is 1.81. The standard InChI is InChI=1S/C11H24N2O/c1-9(2)14-7-6-13(3)11(8-12)10-4-5-10/h9-11H,4-8,12H2,1-3H3. The Kier molecular flexibility index (Phi) is 4.85. The van der Waals surface area contributed by atoms with Crippen molar-refractivity contribution >= 4 is 0 Å². The van der Waals surface area contributed by atoms with Gasteiger partial charge in [0.1, 0.15) is 0 Å². The van der Waals surface area contributed by atoms with Crippen LogP contribution in [0.25, 0.3) is 0 Å². The van der Waals surface area contributed by atoms with E-state index in [4.69, 9.17) is 10.5 Å². The number of rotatable bonds is 7. The van der Waals surface area contributed by atoms with E-state index in [0.717, 1.165) is 25.6 Å². The molecule has 0 aromatic carbocycles. The molecule has 1 rings (SSSR count). The second-order valence-electron chi connectivity index (χ2n) is 4.54. The average Bonchev–Trinajstić information content (AvgIpc) is 2.89. The molecular weight excluding hydrogens is 176 g/mol. The zero-order valence-electron chi connectivity index (χ0n) is 9.70. The van der Waals surface area contributed by atoms with Gasteiger partial charge in [-0.3, -0.25) is 4.90 Å². The van der Waals surface area contributed by atoms with Crippen LogP contribution in [-0.2, 0) is 4.74 Å². The summed E-state index contributed by atoms with van der Waals surface area (Å²) in [4.78, 5) is 2.35. The molecule has 0 amide bonds. The number of nitrogens with two attached hydrogens (primary N) is 1. The van der Waals surface area contributed by atoms with Crippen molar-refractivity contribution in [2.75, 3.05) is 26.7 Å². The van der Waals surface area contributed by atoms with Crippen LogP contribution in [0.1, 0.15) is 26.7 Å². The fraction of sp³-hybridized carbons (Fsp3) is 1.00. The summed E-state index contributed by atoms with van der Waals surface area (Å²) in [6.07, 6.45) is 3.05. The summed E-state index contributed by atoms with van der Waals surface area (Å²) in [6, 6.07) is 0.575. The van der Waals surface area contributed by atoms with E-state index in [9.17, 15) is 0 Å². The van der Waals surface area contributed by atoms with Gasteiger partial charge in [-0.1, -0.05) is 0 Å². The van der Waals surface area contributed by atoms with Gasteiger partial charge in [0.05, 0.1) is 12.7 Å². The molecule has 0 aromatic heterocycles. The predicted octanol–water partition coefficient (Wildman–Crippen LogP) is 1.08. The van der Waals surface area contributed by atoms with Gasteiger partial charge in [-0.15, -0.1) is 0 Å². The largest absolute Gasteiger partial charge is 0.377 e. The van der Waals surface area contributed by atoms with Gasteiger partial charge in [0.15, 0.2) is 0 Å². The van der Waals surface area contributed by atoms with Crippen molar-refractivity contribution in [3.8, 4) is 0 Å². The number of ether oxygens (including phenoxy) is 1. The van der Waals surface area contributed by atoms with Crippen molar-refractivity contribution in [2.24, 2.45) is 11.7 Å². The van der Waals surface area contributed by atoms with Crippen molar-refractivity contribution < 1.29 is 4.74 Å². The lowest BCUT2D eigenvalue weighted by atomic mass is 10.1. The maximum absolute atomic E-state index is 5.76. The molecule has 1 unspecified atom stereocenters. The summed E-state index contributed by atoms with van der Waals surface area (Å²) in [5.74, 6) is 0.851. The van der Waals surface area contributed by atoms with E-state index in [2.05, 4.69) is 25.8 Å². The average molecular weight is 200 g/mol. The van der Waals surface area contributed by atoms with Crippen molar-refractivity contribution in [3.63, 3.8) is 0 Å². The van der Waals surface area contributed by atoms with Gasteiger partial charge in [-0.25, -0.2) is 0 Å². The molecule has 1 atom stereocenters. The molecule has 0 spiro atoms. The van der Waals surface area contributed by atoms with Gasteiger partial charge in [0.25, 0.3) is 0 Å². The van der Waals surface area contributed by atoms with Crippen LogP contribution in [0.4, 0.5) is 0 Å². The van der Waals surface area contributed by atoms with Crippen LogP contribution in [0.2, 0.25) is 0 Å². The molecule has 0 radical (unpaired) electrons. The Balaban J connectivity index is 2.15. The molecule has 3 heteroatoms. The van der Waals surface area contributed by atoms with Gasteiger partial charge in [0.2, 0.25) is 0 Å². The predicted molar refractivity (Wildman–Crippen MR) is 59.3 cm³/mol. The van der Waals surface area contributed by atoms with Crippen LogP contribution < -0.4 is 5.73 Å². The minimum absolute atomic E-state index is 0.334. The molecule has 2 N–H and O–H groups in total. The molecular formula is C11H24N2O. The number of nitrogens with zero attached hydrogens (tertiary/aromatic N) is 1. The highest BCUT2D eigenvalue weighted by atomic mass is 16.5. The maximum atomic E-state index is 5.76. The molecule has 0 aliphatic heterocycles. The van der Waals surface area contributed by atoms with E-state index >= 15 is 0 Å². The lowest BCUT2D eigenvalue weighted by molar-refractivity contribution is 0.0544. The van der Waals surface area contributed by atoms with Gasteiger partial charge in [-0.2, -0.15) is 0 Å². The number of likely N-dealkylation sites (N-methyl/N-ethyl adjacent to an activating group) is 1. The van der Waals surface area contributed by atoms with Gasteiger partial charge < -0.3 is 10.5 Å². The summed E-state index contributed by atoms with van der Waals surface area (Å²) < 4.78 is 5.52. The van der Waals surface area contributed by atoms with E-state index in [1.54, 1.807) is 0 Å². The van der Waals surface area contributed by atoms with Gasteiger partial charge >= 0.3 is 0 Å². The molecule has 1 saturated carbocycles. The summed E-state index contributed by atoms with van der Waals surface area (Å²) in [5, 5.41) is 0. The first kappa shape index (κ1) is 12.0. The lowest BCUT2D eigenvalue weighted by Gasteiger charge is -2.27. The molecule has 0 heterocycles. The minimum atomic E-state index is 0.334. The Morgan fingerprint density at radius 3 is 2.50 bits per heavy atom. The second kappa shape index (κ2) is 5.69. The topological polar surface area (TPSA) is 38.5 Å². The maximum Gasteiger partial charge on any atom is 0.0596 e. The van der Waals surface area contributed by atoms with Gasteiger partial charge in [0, 0.05) is 19.1 Å². The van der Waals surface area contributed by atoms with E-state index < -0.39 is 0 Å². The Hall–Kier alpha value is -0.120. The quantitative estimate of drug-likeness (QED) is 0.668. The third-order valence-electron chi connectivity index (χ3n) is 2.87. The Morgan fingerprint density at radius 1 is 1.43 bits per heavy atom. The zero-order valence-corrected chi connectivity index (χ0v) is 9.70. The Labute approximate surface area is 87.6 Å². The first-order valence-electron chi connectivity index (χ1n) is 5.67. The van der Waals surface area contributed by atoms with Crippen LogP contribution >= 0.6 is 0 Å². The summed E-state index contributed by atoms with van der Waals surface area (Å²) in [5.41, 5.74) is 5.76. The summed E-state index contributed by atoms with van der Waals surface area (Å²) >= 11 is 0. The van der Waals surface area contributed by atoms with Crippen molar-refractivity contribution in [1.29, 1.82) is 0 Å². The third-order valence-corrected chi connectivity index (χ3v) is 2.87. The Bertz CT molecular complexity index is 157. The van der Waals surface area contributed by atoms with Crippen LogP contribution in [0.5, 0.6) is 0 Å². The van der Waals surface area contributed by atoms with E-state index in [-0.39, 0.29) is 0 Å². The molecule has 0 bridgehead atoms. The SMILES string of the molecule is CC(C)OCCN(C)C(CN)C1CC1. The highest BCUT2D eigenvalue weighted by molar-refractivity contribution is 4.87. The molecule has 1 aliphatic rings. The van der Waals surface area contributed by atoms with Crippen molar-refractivity contribution in [1.82, 2.24) is 4.90 Å². The third kappa shape index (κ3) is 3.95.